The van der Waals surface area contributed by atoms with Gasteiger partial charge in [-0.05, 0) is 31.0 Å². The first kappa shape index (κ1) is 16.3. The second-order valence-electron chi connectivity index (χ2n) is 6.31. The van der Waals surface area contributed by atoms with Crippen LogP contribution < -0.4 is 4.90 Å². The highest BCUT2D eigenvalue weighted by Crippen LogP contribution is 2.24. The minimum atomic E-state index is -0.0965. The molecule has 0 amide bonds. The van der Waals surface area contributed by atoms with Crippen LogP contribution in [0.2, 0.25) is 0 Å². The zero-order valence-corrected chi connectivity index (χ0v) is 14.5. The van der Waals surface area contributed by atoms with Gasteiger partial charge in [0.1, 0.15) is 17.7 Å². The second-order valence-corrected chi connectivity index (χ2v) is 6.31. The van der Waals surface area contributed by atoms with E-state index in [0.29, 0.717) is 29.7 Å². The molecule has 0 aliphatic carbocycles. The summed E-state index contributed by atoms with van der Waals surface area (Å²) in [7, 11) is 1.83. The fourth-order valence-electron chi connectivity index (χ4n) is 3.24. The molecule has 132 valence electrons. The van der Waals surface area contributed by atoms with Crippen molar-refractivity contribution in [2.24, 2.45) is 13.0 Å². The smallest absolute Gasteiger partial charge is 0.225 e. The molecule has 0 unspecified atom stereocenters. The Labute approximate surface area is 151 Å². The first-order valence-electron chi connectivity index (χ1n) is 8.60. The number of nitrogens with zero attached hydrogens (tertiary/aromatic N) is 7. The van der Waals surface area contributed by atoms with Crippen molar-refractivity contribution in [2.75, 3.05) is 18.0 Å². The molecule has 3 aromatic heterocycles. The van der Waals surface area contributed by atoms with Crippen LogP contribution >= 0.6 is 0 Å². The highest BCUT2D eigenvalue weighted by Gasteiger charge is 2.28. The van der Waals surface area contributed by atoms with Gasteiger partial charge in [-0.25, -0.2) is 19.6 Å². The molecule has 0 bridgehead atoms. The van der Waals surface area contributed by atoms with E-state index in [4.69, 9.17) is 0 Å². The molecule has 1 atom stereocenters. The van der Waals surface area contributed by atoms with Crippen molar-refractivity contribution in [3.8, 4) is 11.5 Å². The van der Waals surface area contributed by atoms with E-state index in [-0.39, 0.29) is 11.7 Å². The first-order valence-corrected chi connectivity index (χ1v) is 8.60. The molecule has 1 fully saturated rings. The van der Waals surface area contributed by atoms with Crippen molar-refractivity contribution < 1.29 is 4.79 Å². The molecule has 0 aromatic carbocycles. The maximum Gasteiger partial charge on any atom is 0.225 e. The molecule has 0 spiro atoms. The lowest BCUT2D eigenvalue weighted by Crippen LogP contribution is -2.39. The van der Waals surface area contributed by atoms with E-state index < -0.39 is 0 Å². The molecule has 4 rings (SSSR count). The van der Waals surface area contributed by atoms with E-state index in [9.17, 15) is 4.79 Å². The lowest BCUT2D eigenvalue weighted by molar-refractivity contribution is 0.0901. The van der Waals surface area contributed by atoms with Crippen molar-refractivity contribution in [1.82, 2.24) is 29.7 Å². The SMILES string of the molecule is Cn1ncnc1-c1ccnc(N2CCC[C@@H](C(=O)c3ccccn3)C2)n1. The van der Waals surface area contributed by atoms with Gasteiger partial charge in [0.2, 0.25) is 5.95 Å². The highest BCUT2D eigenvalue weighted by molar-refractivity contribution is 5.96. The molecule has 1 saturated heterocycles. The van der Waals surface area contributed by atoms with Crippen LogP contribution in [0.1, 0.15) is 23.3 Å². The van der Waals surface area contributed by atoms with Gasteiger partial charge in [0.15, 0.2) is 11.6 Å². The summed E-state index contributed by atoms with van der Waals surface area (Å²) < 4.78 is 1.68. The molecule has 0 saturated carbocycles. The van der Waals surface area contributed by atoms with Gasteiger partial charge in [-0.1, -0.05) is 6.07 Å². The Bertz CT molecular complexity index is 909. The molecule has 3 aromatic rings. The van der Waals surface area contributed by atoms with Crippen molar-refractivity contribution in [3.05, 3.63) is 48.7 Å². The molecule has 0 radical (unpaired) electrons. The van der Waals surface area contributed by atoms with Gasteiger partial charge in [-0.3, -0.25) is 9.78 Å². The van der Waals surface area contributed by atoms with Crippen LogP contribution in [0.15, 0.2) is 43.0 Å². The summed E-state index contributed by atoms with van der Waals surface area (Å²) in [4.78, 5) is 32.2. The van der Waals surface area contributed by atoms with Crippen LogP contribution in [-0.4, -0.2) is 48.6 Å². The summed E-state index contributed by atoms with van der Waals surface area (Å²) in [5, 5.41) is 4.08. The highest BCUT2D eigenvalue weighted by atomic mass is 16.1. The summed E-state index contributed by atoms with van der Waals surface area (Å²) in [5.74, 6) is 1.29. The third kappa shape index (κ3) is 3.17. The Morgan fingerprint density at radius 3 is 2.85 bits per heavy atom. The number of anilines is 1. The molecular weight excluding hydrogens is 330 g/mol. The molecule has 26 heavy (non-hydrogen) atoms. The Balaban J connectivity index is 1.55. The number of piperidine rings is 1. The topological polar surface area (TPSA) is 89.7 Å². The molecule has 8 nitrogen and oxygen atoms in total. The number of pyridine rings is 1. The monoisotopic (exact) mass is 349 g/mol. The Kier molecular flexibility index (Phi) is 4.39. The van der Waals surface area contributed by atoms with E-state index in [1.807, 2.05) is 25.2 Å². The number of rotatable bonds is 4. The standard InChI is InChI=1S/C18H19N7O/c1-24-17(21-12-22-24)15-7-9-20-18(23-15)25-10-4-5-13(11-25)16(26)14-6-2-3-8-19-14/h2-3,6-9,12-13H,4-5,10-11H2,1H3/t13-/m1/s1. The molecule has 1 aliphatic heterocycles. The van der Waals surface area contributed by atoms with Crippen LogP contribution in [0.3, 0.4) is 0 Å². The largest absolute Gasteiger partial charge is 0.340 e. The fraction of sp³-hybridized carbons (Fsp3) is 0.333. The van der Waals surface area contributed by atoms with Gasteiger partial charge in [0.05, 0.1) is 0 Å². The van der Waals surface area contributed by atoms with Crippen LogP contribution in [-0.2, 0) is 7.05 Å². The quantitative estimate of drug-likeness (QED) is 0.663. The second kappa shape index (κ2) is 6.99. The van der Waals surface area contributed by atoms with Crippen molar-refractivity contribution >= 4 is 11.7 Å². The van der Waals surface area contributed by atoms with Crippen LogP contribution in [0.5, 0.6) is 0 Å². The average molecular weight is 349 g/mol. The van der Waals surface area contributed by atoms with Gasteiger partial charge < -0.3 is 4.90 Å². The molecule has 8 heteroatoms. The number of Topliss-reactive ketones (excluding diaryl/α,β-unsaturated/α-hetero) is 1. The van der Waals surface area contributed by atoms with E-state index in [1.165, 1.54) is 6.33 Å². The number of carbonyl (C=O) groups excluding carboxylic acids is 1. The number of ketones is 1. The summed E-state index contributed by atoms with van der Waals surface area (Å²) in [6.45, 7) is 1.42. The molecular formula is C18H19N7O. The lowest BCUT2D eigenvalue weighted by atomic mass is 9.92. The minimum Gasteiger partial charge on any atom is -0.340 e. The number of carbonyl (C=O) groups is 1. The van der Waals surface area contributed by atoms with E-state index in [1.54, 1.807) is 23.1 Å². The number of aryl methyl sites for hydroxylation is 1. The van der Waals surface area contributed by atoms with Crippen molar-refractivity contribution in [2.45, 2.75) is 12.8 Å². The number of hydrogen-bond donors (Lipinski definition) is 0. The molecule has 0 N–H and O–H groups in total. The van der Waals surface area contributed by atoms with Gasteiger partial charge in [-0.2, -0.15) is 5.10 Å². The summed E-state index contributed by atoms with van der Waals surface area (Å²) in [5.41, 5.74) is 1.24. The number of hydrogen-bond acceptors (Lipinski definition) is 7. The third-order valence-corrected chi connectivity index (χ3v) is 4.58. The van der Waals surface area contributed by atoms with Crippen LogP contribution in [0, 0.1) is 5.92 Å². The summed E-state index contributed by atoms with van der Waals surface area (Å²) in [6, 6.07) is 7.24. The predicted molar refractivity (Wildman–Crippen MR) is 95.5 cm³/mol. The van der Waals surface area contributed by atoms with E-state index >= 15 is 0 Å². The maximum absolute atomic E-state index is 12.7. The molecule has 1 aliphatic rings. The Morgan fingerprint density at radius 2 is 2.08 bits per heavy atom. The van der Waals surface area contributed by atoms with E-state index in [2.05, 4.69) is 29.9 Å². The lowest BCUT2D eigenvalue weighted by Gasteiger charge is -2.31. The van der Waals surface area contributed by atoms with Crippen LogP contribution in [0.25, 0.3) is 11.5 Å². The minimum absolute atomic E-state index is 0.0831. The predicted octanol–water partition coefficient (Wildman–Crippen LogP) is 1.77. The summed E-state index contributed by atoms with van der Waals surface area (Å²) in [6.07, 6.45) is 6.65. The molecule has 4 heterocycles. The van der Waals surface area contributed by atoms with Gasteiger partial charge in [0, 0.05) is 38.4 Å². The van der Waals surface area contributed by atoms with E-state index in [0.717, 1.165) is 19.4 Å². The zero-order chi connectivity index (χ0) is 17.9. The third-order valence-electron chi connectivity index (χ3n) is 4.58. The number of aromatic nitrogens is 6. The van der Waals surface area contributed by atoms with Crippen LogP contribution in [0.4, 0.5) is 5.95 Å². The summed E-state index contributed by atoms with van der Waals surface area (Å²) >= 11 is 0. The van der Waals surface area contributed by atoms with Gasteiger partial charge in [-0.15, -0.1) is 0 Å². The average Bonchev–Trinajstić information content (AvgIpc) is 3.14. The zero-order valence-electron chi connectivity index (χ0n) is 14.5. The Morgan fingerprint density at radius 1 is 1.15 bits per heavy atom. The van der Waals surface area contributed by atoms with Gasteiger partial charge in [0.25, 0.3) is 0 Å². The van der Waals surface area contributed by atoms with Crippen molar-refractivity contribution in [1.29, 1.82) is 0 Å². The fourth-order valence-corrected chi connectivity index (χ4v) is 3.24. The normalized spacial score (nSPS) is 17.3. The van der Waals surface area contributed by atoms with Crippen molar-refractivity contribution in [3.63, 3.8) is 0 Å². The van der Waals surface area contributed by atoms with Gasteiger partial charge >= 0.3 is 0 Å². The maximum atomic E-state index is 12.7. The Hall–Kier alpha value is -3.16. The first-order chi connectivity index (χ1) is 12.7.